The third kappa shape index (κ3) is 8.17. The number of unbranched alkanes of at least 4 members (excludes halogenated alkanes) is 1. The normalized spacial score (nSPS) is 10.1. The molecule has 0 unspecified atom stereocenters. The van der Waals surface area contributed by atoms with Gasteiger partial charge in [0.2, 0.25) is 0 Å². The molecule has 0 aromatic heterocycles. The Morgan fingerprint density at radius 2 is 1.84 bits per heavy atom. The quantitative estimate of drug-likeness (QED) is 0.637. The molecule has 1 rings (SSSR count). The number of benzene rings is 1. The van der Waals surface area contributed by atoms with Crippen LogP contribution in [0.25, 0.3) is 6.08 Å². The molecule has 1 nitrogen and oxygen atoms in total. The number of hydrogen-bond donors (Lipinski definition) is 0. The van der Waals surface area contributed by atoms with Crippen molar-refractivity contribution in [3.05, 3.63) is 66.2 Å². The summed E-state index contributed by atoms with van der Waals surface area (Å²) in [7, 11) is 0. The number of rotatable bonds is 6. The maximum absolute atomic E-state index is 11.6. The molecule has 0 aliphatic carbocycles. The molecular weight excluding hydrogens is 256 g/mol. The lowest BCUT2D eigenvalue weighted by atomic mass is 10.0. The van der Waals surface area contributed by atoms with Gasteiger partial charge in [0.05, 0.1) is 0 Å². The van der Waals surface area contributed by atoms with Crippen molar-refractivity contribution in [1.82, 2.24) is 0 Å². The van der Waals surface area contributed by atoms with E-state index in [0.29, 0.717) is 0 Å². The van der Waals surface area contributed by atoms with E-state index in [1.54, 1.807) is 0 Å². The van der Waals surface area contributed by atoms with Crippen molar-refractivity contribution in [2.24, 2.45) is 0 Å². The average Bonchev–Trinajstić information content (AvgIpc) is 2.44. The highest BCUT2D eigenvalue weighted by atomic mass is 35.5. The Labute approximate surface area is 121 Å². The highest BCUT2D eigenvalue weighted by molar-refractivity contribution is 6.25. The summed E-state index contributed by atoms with van der Waals surface area (Å²) in [6.45, 7) is 8.79. The molecule has 0 atom stereocenters. The van der Waals surface area contributed by atoms with E-state index in [4.69, 9.17) is 11.6 Å². The van der Waals surface area contributed by atoms with Gasteiger partial charge in [-0.05, 0) is 36.1 Å². The summed E-state index contributed by atoms with van der Waals surface area (Å²) in [4.78, 5) is 11.6. The summed E-state index contributed by atoms with van der Waals surface area (Å²) in [5.74, 6) is 0.0392. The predicted molar refractivity (Wildman–Crippen MR) is 85.2 cm³/mol. The SMILES string of the molecule is C=CC(=O)C(=Cc1ccccc1)CCCC.C=CCl. The average molecular weight is 277 g/mol. The van der Waals surface area contributed by atoms with E-state index in [2.05, 4.69) is 20.1 Å². The van der Waals surface area contributed by atoms with Crippen LogP contribution in [-0.4, -0.2) is 5.78 Å². The van der Waals surface area contributed by atoms with Crippen LogP contribution in [0, 0.1) is 0 Å². The molecule has 0 radical (unpaired) electrons. The summed E-state index contributed by atoms with van der Waals surface area (Å²) in [6.07, 6.45) is 6.31. The van der Waals surface area contributed by atoms with E-state index in [1.165, 1.54) is 11.6 Å². The first-order valence-electron chi connectivity index (χ1n) is 6.33. The van der Waals surface area contributed by atoms with E-state index in [9.17, 15) is 4.79 Å². The molecule has 102 valence electrons. The fraction of sp³-hybridized carbons (Fsp3) is 0.235. The van der Waals surface area contributed by atoms with Crippen molar-refractivity contribution in [2.75, 3.05) is 0 Å². The Morgan fingerprint density at radius 3 is 2.32 bits per heavy atom. The van der Waals surface area contributed by atoms with E-state index in [0.717, 1.165) is 30.4 Å². The number of ketones is 1. The van der Waals surface area contributed by atoms with Crippen molar-refractivity contribution in [1.29, 1.82) is 0 Å². The van der Waals surface area contributed by atoms with Gasteiger partial charge in [0, 0.05) is 5.57 Å². The highest BCUT2D eigenvalue weighted by Gasteiger charge is 2.04. The molecule has 0 spiro atoms. The first-order chi connectivity index (χ1) is 9.19. The smallest absolute Gasteiger partial charge is 0.181 e. The van der Waals surface area contributed by atoms with Gasteiger partial charge in [0.1, 0.15) is 0 Å². The van der Waals surface area contributed by atoms with E-state index in [1.807, 2.05) is 36.4 Å². The molecule has 19 heavy (non-hydrogen) atoms. The molecule has 0 saturated carbocycles. The van der Waals surface area contributed by atoms with Crippen LogP contribution < -0.4 is 0 Å². The number of allylic oxidation sites excluding steroid dienone is 2. The van der Waals surface area contributed by atoms with Crippen LogP contribution in [-0.2, 0) is 4.79 Å². The minimum absolute atomic E-state index is 0.0392. The molecule has 0 saturated heterocycles. The topological polar surface area (TPSA) is 17.1 Å². The van der Waals surface area contributed by atoms with Crippen LogP contribution in [0.3, 0.4) is 0 Å². The number of carbonyl (C=O) groups is 1. The molecular formula is C17H21ClO. The molecule has 0 N–H and O–H groups in total. The molecule has 0 aliphatic heterocycles. The largest absolute Gasteiger partial charge is 0.290 e. The van der Waals surface area contributed by atoms with Crippen molar-refractivity contribution in [3.63, 3.8) is 0 Å². The van der Waals surface area contributed by atoms with Gasteiger partial charge >= 0.3 is 0 Å². The van der Waals surface area contributed by atoms with Crippen LogP contribution in [0.4, 0.5) is 0 Å². The Balaban J connectivity index is 0.000000982. The first-order valence-corrected chi connectivity index (χ1v) is 6.76. The minimum Gasteiger partial charge on any atom is -0.290 e. The lowest BCUT2D eigenvalue weighted by molar-refractivity contribution is -0.111. The number of carbonyl (C=O) groups excluding carboxylic acids is 1. The Morgan fingerprint density at radius 1 is 1.26 bits per heavy atom. The van der Waals surface area contributed by atoms with Gasteiger partial charge < -0.3 is 0 Å². The molecule has 0 heterocycles. The standard InChI is InChI=1S/C15H18O.C2H3Cl/c1-3-5-11-14(15(16)4-2)12-13-9-7-6-8-10-13;1-2-3/h4,6-10,12H,2-3,5,11H2,1H3;2H,1H2. The maximum Gasteiger partial charge on any atom is 0.181 e. The lowest BCUT2D eigenvalue weighted by Gasteiger charge is -2.03. The van der Waals surface area contributed by atoms with Crippen molar-refractivity contribution in [3.8, 4) is 0 Å². The second-order valence-electron chi connectivity index (χ2n) is 3.91. The zero-order valence-corrected chi connectivity index (χ0v) is 12.2. The van der Waals surface area contributed by atoms with E-state index < -0.39 is 0 Å². The van der Waals surface area contributed by atoms with Crippen LogP contribution in [0.2, 0.25) is 0 Å². The van der Waals surface area contributed by atoms with Gasteiger partial charge in [0.25, 0.3) is 0 Å². The van der Waals surface area contributed by atoms with Gasteiger partial charge in [-0.15, -0.1) is 0 Å². The Bertz CT molecular complexity index is 418. The zero-order valence-electron chi connectivity index (χ0n) is 11.4. The molecule has 0 bridgehead atoms. The summed E-state index contributed by atoms with van der Waals surface area (Å²) >= 11 is 4.76. The lowest BCUT2D eigenvalue weighted by Crippen LogP contribution is -1.98. The van der Waals surface area contributed by atoms with E-state index in [-0.39, 0.29) is 5.78 Å². The van der Waals surface area contributed by atoms with Gasteiger partial charge in [-0.25, -0.2) is 0 Å². The van der Waals surface area contributed by atoms with Crippen molar-refractivity contribution >= 4 is 23.5 Å². The highest BCUT2D eigenvalue weighted by Crippen LogP contribution is 2.14. The number of halogens is 1. The van der Waals surface area contributed by atoms with Gasteiger partial charge in [0.15, 0.2) is 5.78 Å². The number of hydrogen-bond acceptors (Lipinski definition) is 1. The predicted octanol–water partition coefficient (Wildman–Crippen LogP) is 5.38. The van der Waals surface area contributed by atoms with Gasteiger partial charge in [-0.2, -0.15) is 0 Å². The third-order valence-corrected chi connectivity index (χ3v) is 2.44. The second kappa shape index (κ2) is 11.5. The summed E-state index contributed by atoms with van der Waals surface area (Å²) in [6, 6.07) is 9.92. The summed E-state index contributed by atoms with van der Waals surface area (Å²) in [5, 5.41) is 0. The Hall–Kier alpha value is -1.60. The van der Waals surface area contributed by atoms with Crippen LogP contribution in [0.15, 0.2) is 60.7 Å². The second-order valence-corrected chi connectivity index (χ2v) is 4.22. The van der Waals surface area contributed by atoms with Crippen molar-refractivity contribution in [2.45, 2.75) is 26.2 Å². The molecule has 0 amide bonds. The van der Waals surface area contributed by atoms with Crippen LogP contribution >= 0.6 is 11.6 Å². The van der Waals surface area contributed by atoms with Crippen LogP contribution in [0.1, 0.15) is 31.7 Å². The van der Waals surface area contributed by atoms with E-state index >= 15 is 0 Å². The minimum atomic E-state index is 0.0392. The fourth-order valence-corrected chi connectivity index (χ4v) is 1.52. The monoisotopic (exact) mass is 276 g/mol. The van der Waals surface area contributed by atoms with Gasteiger partial charge in [-0.1, -0.05) is 68.4 Å². The van der Waals surface area contributed by atoms with Crippen molar-refractivity contribution < 1.29 is 4.79 Å². The summed E-state index contributed by atoms with van der Waals surface area (Å²) in [5.41, 5.74) is 3.15. The van der Waals surface area contributed by atoms with Gasteiger partial charge in [-0.3, -0.25) is 4.79 Å². The Kier molecular flexibility index (Phi) is 10.5. The molecule has 0 fully saturated rings. The molecule has 0 aliphatic rings. The third-order valence-electron chi connectivity index (χ3n) is 2.44. The van der Waals surface area contributed by atoms with Crippen LogP contribution in [0.5, 0.6) is 0 Å². The fourth-order valence-electron chi connectivity index (χ4n) is 1.52. The molecule has 1 aromatic rings. The molecule has 2 heteroatoms. The summed E-state index contributed by atoms with van der Waals surface area (Å²) < 4.78 is 0. The molecule has 1 aromatic carbocycles. The maximum atomic E-state index is 11.6. The zero-order chi connectivity index (χ0) is 14.5. The first kappa shape index (κ1) is 17.4.